The maximum atomic E-state index is 9.93. The Labute approximate surface area is 73.6 Å². The van der Waals surface area contributed by atoms with Gasteiger partial charge in [-0.2, -0.15) is 5.01 Å². The Hall–Kier alpha value is -0.260. The Morgan fingerprint density at radius 1 is 1.89 bits per heavy atom. The van der Waals surface area contributed by atoms with Gasteiger partial charge >= 0.3 is 35.7 Å². The van der Waals surface area contributed by atoms with Crippen molar-refractivity contribution in [3.8, 4) is 0 Å². The van der Waals surface area contributed by atoms with Gasteiger partial charge in [0, 0.05) is 0 Å². The van der Waals surface area contributed by atoms with Crippen LogP contribution in [0.25, 0.3) is 0 Å². The van der Waals surface area contributed by atoms with E-state index in [-0.39, 0.29) is 36.3 Å². The average molecular weight is 140 g/mol. The topological polar surface area (TPSA) is 62.1 Å². The second kappa shape index (κ2) is 3.71. The van der Waals surface area contributed by atoms with Crippen LogP contribution in [-0.4, -0.2) is 58.9 Å². The molecule has 0 aromatic rings. The Morgan fingerprint density at radius 3 is 2.78 bits per heavy atom. The molecule has 46 valence electrons. The summed E-state index contributed by atoms with van der Waals surface area (Å²) in [6, 6.07) is 0. The summed E-state index contributed by atoms with van der Waals surface area (Å²) in [4.78, 5) is 9.93. The zero-order chi connectivity index (χ0) is 5.98. The van der Waals surface area contributed by atoms with Gasteiger partial charge in [-0.15, -0.1) is 5.10 Å². The van der Waals surface area contributed by atoms with E-state index >= 15 is 0 Å². The van der Waals surface area contributed by atoms with Gasteiger partial charge in [-0.05, 0) is 0 Å². The Balaban J connectivity index is 0.000000640. The van der Waals surface area contributed by atoms with Crippen LogP contribution in [-0.2, 0) is 4.74 Å². The Morgan fingerprint density at radius 2 is 2.56 bits per heavy atom. The molecule has 0 spiro atoms. The molecule has 0 fully saturated rings. The molecule has 6 heteroatoms. The van der Waals surface area contributed by atoms with Crippen molar-refractivity contribution in [1.29, 1.82) is 0 Å². The molecule has 0 aromatic carbocycles. The average Bonchev–Trinajstić information content (AvgIpc) is 2.12. The zero-order valence-corrected chi connectivity index (χ0v) is 3.94. The van der Waals surface area contributed by atoms with Gasteiger partial charge in [0.15, 0.2) is 13.1 Å². The third kappa shape index (κ3) is 2.21. The number of carboxylic acid groups (broad SMARTS) is 1. The van der Waals surface area contributed by atoms with Crippen LogP contribution in [0.3, 0.4) is 0 Å². The minimum atomic E-state index is -1.10. The first-order chi connectivity index (χ1) is 3.80. The third-order valence-electron chi connectivity index (χ3n) is 0.679. The van der Waals surface area contributed by atoms with E-state index in [1.807, 2.05) is 0 Å². The van der Waals surface area contributed by atoms with E-state index in [1.54, 1.807) is 0 Å². The standard InChI is InChI=1S/C3H4N2O3.Na.H/c6-3(7)5-2-8-1-4-5;;/h1H,2H2,(H,6,7);;. The molecule has 1 N–H and O–H groups in total. The van der Waals surface area contributed by atoms with E-state index < -0.39 is 6.09 Å². The molecule has 1 heterocycles. The normalized spacial score (nSPS) is 14.4. The number of carbonyl (C=O) groups is 1. The van der Waals surface area contributed by atoms with Crippen molar-refractivity contribution >= 4 is 42.1 Å². The molecule has 5 nitrogen and oxygen atoms in total. The molecule has 1 aliphatic rings. The van der Waals surface area contributed by atoms with Crippen molar-refractivity contribution in [3.05, 3.63) is 0 Å². The number of hydrogen-bond donors (Lipinski definition) is 1. The van der Waals surface area contributed by atoms with Crippen LogP contribution in [0.4, 0.5) is 4.79 Å². The van der Waals surface area contributed by atoms with Crippen molar-refractivity contribution in [1.82, 2.24) is 5.01 Å². The molecule has 1 aliphatic heterocycles. The maximum absolute atomic E-state index is 9.93. The van der Waals surface area contributed by atoms with Gasteiger partial charge in [0.25, 0.3) is 0 Å². The predicted molar refractivity (Wildman–Crippen MR) is 31.5 cm³/mol. The van der Waals surface area contributed by atoms with Crippen LogP contribution in [0.1, 0.15) is 0 Å². The second-order valence-corrected chi connectivity index (χ2v) is 1.20. The van der Waals surface area contributed by atoms with Crippen molar-refractivity contribution in [3.63, 3.8) is 0 Å². The van der Waals surface area contributed by atoms with E-state index in [2.05, 4.69) is 9.84 Å². The van der Waals surface area contributed by atoms with E-state index in [1.165, 1.54) is 0 Å². The predicted octanol–water partition coefficient (Wildman–Crippen LogP) is -0.751. The van der Waals surface area contributed by atoms with Crippen molar-refractivity contribution < 1.29 is 14.6 Å². The Bertz CT molecular complexity index is 137. The molecule has 1 amide bonds. The van der Waals surface area contributed by atoms with Crippen LogP contribution in [0.2, 0.25) is 0 Å². The molecule has 0 saturated heterocycles. The molecule has 9 heavy (non-hydrogen) atoms. The van der Waals surface area contributed by atoms with Gasteiger partial charge in [-0.25, -0.2) is 4.79 Å². The summed E-state index contributed by atoms with van der Waals surface area (Å²) in [5.41, 5.74) is 0. The quantitative estimate of drug-likeness (QED) is 0.450. The summed E-state index contributed by atoms with van der Waals surface area (Å²) < 4.78 is 4.47. The van der Waals surface area contributed by atoms with Gasteiger partial charge in [0.05, 0.1) is 0 Å². The van der Waals surface area contributed by atoms with Crippen molar-refractivity contribution in [2.75, 3.05) is 6.73 Å². The molecule has 0 atom stereocenters. The van der Waals surface area contributed by atoms with Crippen LogP contribution in [0, 0.1) is 0 Å². The summed E-state index contributed by atoms with van der Waals surface area (Å²) in [6.45, 7) is 0.00926. The first kappa shape index (κ1) is 8.74. The second-order valence-electron chi connectivity index (χ2n) is 1.20. The fraction of sp³-hybridized carbons (Fsp3) is 0.333. The van der Waals surface area contributed by atoms with E-state index in [0.717, 1.165) is 11.4 Å². The van der Waals surface area contributed by atoms with Crippen molar-refractivity contribution in [2.24, 2.45) is 5.10 Å². The first-order valence-corrected chi connectivity index (χ1v) is 1.95. The van der Waals surface area contributed by atoms with Gasteiger partial charge in [0.2, 0.25) is 0 Å². The fourth-order valence-corrected chi connectivity index (χ4v) is 0.332. The molecule has 0 bridgehead atoms. The van der Waals surface area contributed by atoms with Crippen LogP contribution in [0.5, 0.6) is 0 Å². The molecule has 0 radical (unpaired) electrons. The van der Waals surface area contributed by atoms with E-state index in [9.17, 15) is 4.79 Å². The molecular formula is C3H5N2NaO3. The van der Waals surface area contributed by atoms with Gasteiger partial charge in [-0.1, -0.05) is 0 Å². The van der Waals surface area contributed by atoms with Gasteiger partial charge in [-0.3, -0.25) is 0 Å². The molecule has 0 aromatic heterocycles. The van der Waals surface area contributed by atoms with Crippen LogP contribution >= 0.6 is 0 Å². The number of amides is 1. The monoisotopic (exact) mass is 140 g/mol. The number of hydrazone groups is 1. The molecule has 1 rings (SSSR count). The SMILES string of the molecule is O=C(O)N1COC=N1.[NaH]. The minimum absolute atomic E-state index is 0. The van der Waals surface area contributed by atoms with Crippen LogP contribution < -0.4 is 0 Å². The molecule has 0 aliphatic carbocycles. The van der Waals surface area contributed by atoms with E-state index in [0.29, 0.717) is 0 Å². The zero-order valence-electron chi connectivity index (χ0n) is 3.94. The molecular weight excluding hydrogens is 135 g/mol. The first-order valence-electron chi connectivity index (χ1n) is 1.95. The fourth-order valence-electron chi connectivity index (χ4n) is 0.332. The summed E-state index contributed by atoms with van der Waals surface area (Å²) in [6.07, 6.45) is -0.00699. The summed E-state index contributed by atoms with van der Waals surface area (Å²) in [5, 5.41) is 12.3. The Kier molecular flexibility index (Phi) is 3.60. The van der Waals surface area contributed by atoms with Crippen molar-refractivity contribution in [2.45, 2.75) is 0 Å². The number of hydrogen-bond acceptors (Lipinski definition) is 3. The third-order valence-corrected chi connectivity index (χ3v) is 0.679. The summed E-state index contributed by atoms with van der Waals surface area (Å²) in [7, 11) is 0. The van der Waals surface area contributed by atoms with E-state index in [4.69, 9.17) is 5.11 Å². The molecule has 0 unspecified atom stereocenters. The van der Waals surface area contributed by atoms with Gasteiger partial charge in [0.1, 0.15) is 0 Å². The summed E-state index contributed by atoms with van der Waals surface area (Å²) >= 11 is 0. The van der Waals surface area contributed by atoms with Gasteiger partial charge < -0.3 is 9.84 Å². The summed E-state index contributed by atoms with van der Waals surface area (Å²) in [5.74, 6) is 0. The number of ether oxygens (including phenoxy) is 1. The van der Waals surface area contributed by atoms with Crippen LogP contribution in [0.15, 0.2) is 5.10 Å². The molecule has 0 saturated carbocycles. The number of rotatable bonds is 0. The number of nitrogens with zero attached hydrogens (tertiary/aromatic N) is 2.